The minimum absolute atomic E-state index is 0.270. The molecule has 0 aliphatic carbocycles. The molecule has 0 aromatic rings. The van der Waals surface area contributed by atoms with Crippen LogP contribution in [0.15, 0.2) is 0 Å². The molecule has 7 heavy (non-hydrogen) atoms. The monoisotopic (exact) mass is 126 g/mol. The Morgan fingerprint density at radius 2 is 2.43 bits per heavy atom. The number of rotatable bonds is 3. The van der Waals surface area contributed by atoms with Crippen molar-refractivity contribution < 1.29 is 18.0 Å². The lowest BCUT2D eigenvalue weighted by atomic mass is 10.9. The molecule has 44 valence electrons. The standard InChI is InChI=1S/C2H6O4S/c1-2-5-6-7(3)4/h2H2,1H3,(H,3,4). The topological polar surface area (TPSA) is 55.8 Å². The van der Waals surface area contributed by atoms with Crippen molar-refractivity contribution in [1.29, 1.82) is 0 Å². The smallest absolute Gasteiger partial charge is 0.282 e. The average molecular weight is 126 g/mol. The summed E-state index contributed by atoms with van der Waals surface area (Å²) >= 11 is -2.29. The molecular weight excluding hydrogens is 120 g/mol. The van der Waals surface area contributed by atoms with Gasteiger partial charge in [-0.05, 0) is 6.92 Å². The quantitative estimate of drug-likeness (QED) is 0.331. The van der Waals surface area contributed by atoms with E-state index in [1.54, 1.807) is 6.92 Å². The largest absolute Gasteiger partial charge is 0.330 e. The van der Waals surface area contributed by atoms with E-state index in [0.717, 1.165) is 0 Å². The van der Waals surface area contributed by atoms with Crippen molar-refractivity contribution in [2.45, 2.75) is 6.92 Å². The Bertz CT molecular complexity index is 62.7. The molecule has 0 bridgehead atoms. The summed E-state index contributed by atoms with van der Waals surface area (Å²) in [6.45, 7) is 1.92. The molecule has 0 radical (unpaired) electrons. The lowest BCUT2D eigenvalue weighted by molar-refractivity contribution is -0.197. The van der Waals surface area contributed by atoms with Gasteiger partial charge in [0.1, 0.15) is 0 Å². The molecular formula is C2H6O4S. The summed E-state index contributed by atoms with van der Waals surface area (Å²) in [5.41, 5.74) is 0. The summed E-state index contributed by atoms with van der Waals surface area (Å²) in [6.07, 6.45) is 0. The fraction of sp³-hybridized carbons (Fsp3) is 1.00. The summed E-state index contributed by atoms with van der Waals surface area (Å²) < 4.78 is 21.0. The minimum Gasteiger partial charge on any atom is -0.282 e. The van der Waals surface area contributed by atoms with Gasteiger partial charge in [-0.1, -0.05) is 0 Å². The van der Waals surface area contributed by atoms with Crippen LogP contribution in [0.2, 0.25) is 0 Å². The first-order valence-electron chi connectivity index (χ1n) is 1.68. The van der Waals surface area contributed by atoms with Gasteiger partial charge in [-0.15, -0.1) is 4.33 Å². The van der Waals surface area contributed by atoms with Gasteiger partial charge in [0.15, 0.2) is 0 Å². The Hall–Kier alpha value is 0.0300. The van der Waals surface area contributed by atoms with Crippen LogP contribution >= 0.6 is 0 Å². The second kappa shape index (κ2) is 4.20. The molecule has 0 heterocycles. The van der Waals surface area contributed by atoms with Crippen molar-refractivity contribution in [3.05, 3.63) is 0 Å². The van der Waals surface area contributed by atoms with E-state index in [4.69, 9.17) is 4.55 Å². The second-order valence-electron chi connectivity index (χ2n) is 0.692. The molecule has 5 heteroatoms. The Kier molecular flexibility index (Phi) is 4.21. The number of hydrogen-bond acceptors (Lipinski definition) is 3. The molecule has 0 fully saturated rings. The normalized spacial score (nSPS) is 14.0. The van der Waals surface area contributed by atoms with Crippen LogP contribution in [0, 0.1) is 0 Å². The van der Waals surface area contributed by atoms with Gasteiger partial charge < -0.3 is 0 Å². The van der Waals surface area contributed by atoms with Crippen LogP contribution in [0.1, 0.15) is 6.92 Å². The van der Waals surface area contributed by atoms with Crippen molar-refractivity contribution >= 4 is 11.4 Å². The lowest BCUT2D eigenvalue weighted by Crippen LogP contribution is -1.95. The van der Waals surface area contributed by atoms with Gasteiger partial charge in [0, 0.05) is 0 Å². The van der Waals surface area contributed by atoms with E-state index in [9.17, 15) is 4.21 Å². The van der Waals surface area contributed by atoms with Gasteiger partial charge in [0.05, 0.1) is 6.61 Å². The van der Waals surface area contributed by atoms with Crippen molar-refractivity contribution in [3.8, 4) is 0 Å². The van der Waals surface area contributed by atoms with Crippen LogP contribution in [0.5, 0.6) is 0 Å². The molecule has 4 nitrogen and oxygen atoms in total. The summed E-state index contributed by atoms with van der Waals surface area (Å²) in [7, 11) is 0. The summed E-state index contributed by atoms with van der Waals surface area (Å²) in [4.78, 5) is 4.04. The maximum atomic E-state index is 9.52. The van der Waals surface area contributed by atoms with Gasteiger partial charge in [0.2, 0.25) is 0 Å². The third kappa shape index (κ3) is 6.03. The third-order valence-corrected chi connectivity index (χ3v) is 0.437. The second-order valence-corrected chi connectivity index (χ2v) is 1.26. The molecule has 0 saturated heterocycles. The van der Waals surface area contributed by atoms with Crippen LogP contribution in [-0.4, -0.2) is 15.4 Å². The van der Waals surface area contributed by atoms with E-state index in [-0.39, 0.29) is 6.61 Å². The zero-order valence-electron chi connectivity index (χ0n) is 3.79. The first-order valence-corrected chi connectivity index (χ1v) is 2.71. The average Bonchev–Trinajstić information content (AvgIpc) is 1.61. The highest BCUT2D eigenvalue weighted by Gasteiger charge is 1.87. The van der Waals surface area contributed by atoms with E-state index in [1.807, 2.05) is 0 Å². The Balaban J connectivity index is 2.82. The third-order valence-electron chi connectivity index (χ3n) is 0.224. The minimum atomic E-state index is -2.29. The van der Waals surface area contributed by atoms with Crippen LogP contribution < -0.4 is 0 Å². The summed E-state index contributed by atoms with van der Waals surface area (Å²) in [5, 5.41) is 0. The number of hydrogen-bond donors (Lipinski definition) is 1. The van der Waals surface area contributed by atoms with Gasteiger partial charge in [0.25, 0.3) is 0 Å². The Labute approximate surface area is 43.8 Å². The first kappa shape index (κ1) is 7.03. The van der Waals surface area contributed by atoms with E-state index >= 15 is 0 Å². The maximum absolute atomic E-state index is 9.52. The van der Waals surface area contributed by atoms with Crippen molar-refractivity contribution in [3.63, 3.8) is 0 Å². The zero-order valence-corrected chi connectivity index (χ0v) is 4.60. The summed E-state index contributed by atoms with van der Waals surface area (Å²) in [5.74, 6) is 0. The fourth-order valence-electron chi connectivity index (χ4n) is 0.0893. The van der Waals surface area contributed by atoms with Crippen LogP contribution in [0.3, 0.4) is 0 Å². The zero-order chi connectivity index (χ0) is 5.70. The predicted octanol–water partition coefficient (Wildman–Crippen LogP) is 0.0912. The van der Waals surface area contributed by atoms with Gasteiger partial charge in [-0.25, -0.2) is 4.89 Å². The van der Waals surface area contributed by atoms with Crippen LogP contribution in [0.25, 0.3) is 0 Å². The highest BCUT2D eigenvalue weighted by molar-refractivity contribution is 7.74. The molecule has 0 rings (SSSR count). The Morgan fingerprint density at radius 3 is 2.57 bits per heavy atom. The van der Waals surface area contributed by atoms with Crippen molar-refractivity contribution in [2.75, 3.05) is 6.61 Å². The Morgan fingerprint density at radius 1 is 1.86 bits per heavy atom. The van der Waals surface area contributed by atoms with Gasteiger partial charge in [-0.3, -0.25) is 4.55 Å². The molecule has 0 aliphatic heterocycles. The fourth-order valence-corrected chi connectivity index (χ4v) is 0.268. The molecule has 0 spiro atoms. The van der Waals surface area contributed by atoms with E-state index in [2.05, 4.69) is 9.22 Å². The van der Waals surface area contributed by atoms with Crippen molar-refractivity contribution in [2.24, 2.45) is 0 Å². The predicted molar refractivity (Wildman–Crippen MR) is 23.5 cm³/mol. The molecule has 1 unspecified atom stereocenters. The van der Waals surface area contributed by atoms with Gasteiger partial charge >= 0.3 is 11.4 Å². The first-order chi connectivity index (χ1) is 3.27. The molecule has 1 N–H and O–H groups in total. The van der Waals surface area contributed by atoms with Gasteiger partial charge in [-0.2, -0.15) is 4.21 Å². The molecule has 0 amide bonds. The molecule has 0 saturated carbocycles. The summed E-state index contributed by atoms with van der Waals surface area (Å²) in [6, 6.07) is 0. The highest BCUT2D eigenvalue weighted by Crippen LogP contribution is 1.78. The molecule has 1 atom stereocenters. The van der Waals surface area contributed by atoms with Crippen molar-refractivity contribution in [1.82, 2.24) is 0 Å². The van der Waals surface area contributed by atoms with Crippen LogP contribution in [-0.2, 0) is 20.6 Å². The maximum Gasteiger partial charge on any atom is 0.330 e. The molecule has 0 aromatic carbocycles. The molecule has 0 aromatic heterocycles. The van der Waals surface area contributed by atoms with E-state index in [1.165, 1.54) is 0 Å². The SMILES string of the molecule is CCOOS(=O)O. The van der Waals surface area contributed by atoms with E-state index in [0.29, 0.717) is 0 Å². The molecule has 0 aliphatic rings. The van der Waals surface area contributed by atoms with Crippen LogP contribution in [0.4, 0.5) is 0 Å². The lowest BCUT2D eigenvalue weighted by Gasteiger charge is -1.89. The van der Waals surface area contributed by atoms with E-state index < -0.39 is 11.4 Å². The highest BCUT2D eigenvalue weighted by atomic mass is 32.2.